The SMILES string of the molecule is CCCOC(C)=O.Cc1cccc(C(C)(C)C)c1. The van der Waals surface area contributed by atoms with Crippen LogP contribution in [0.1, 0.15) is 52.2 Å². The van der Waals surface area contributed by atoms with Crippen molar-refractivity contribution in [2.24, 2.45) is 0 Å². The topological polar surface area (TPSA) is 26.3 Å². The minimum atomic E-state index is -0.193. The van der Waals surface area contributed by atoms with Crippen molar-refractivity contribution >= 4 is 5.97 Å². The van der Waals surface area contributed by atoms with Crippen LogP contribution in [0.4, 0.5) is 0 Å². The minimum absolute atomic E-state index is 0.193. The van der Waals surface area contributed by atoms with E-state index in [2.05, 4.69) is 56.7 Å². The van der Waals surface area contributed by atoms with Gasteiger partial charge in [-0.2, -0.15) is 0 Å². The van der Waals surface area contributed by atoms with Gasteiger partial charge in [-0.3, -0.25) is 4.79 Å². The van der Waals surface area contributed by atoms with Crippen LogP contribution in [0, 0.1) is 6.92 Å². The molecule has 1 rings (SSSR count). The molecule has 0 amide bonds. The van der Waals surface area contributed by atoms with Gasteiger partial charge in [-0.15, -0.1) is 0 Å². The third kappa shape index (κ3) is 7.88. The van der Waals surface area contributed by atoms with Crippen molar-refractivity contribution in [1.82, 2.24) is 0 Å². The van der Waals surface area contributed by atoms with E-state index >= 15 is 0 Å². The van der Waals surface area contributed by atoms with Crippen LogP contribution in [0.5, 0.6) is 0 Å². The first kappa shape index (κ1) is 16.7. The lowest BCUT2D eigenvalue weighted by atomic mass is 9.86. The lowest BCUT2D eigenvalue weighted by Gasteiger charge is -2.19. The summed E-state index contributed by atoms with van der Waals surface area (Å²) in [6, 6.07) is 8.69. The molecule has 102 valence electrons. The summed E-state index contributed by atoms with van der Waals surface area (Å²) in [7, 11) is 0. The van der Waals surface area contributed by atoms with Crippen LogP contribution in [0.15, 0.2) is 24.3 Å². The number of esters is 1. The Hall–Kier alpha value is -1.31. The number of carbonyl (C=O) groups excluding carboxylic acids is 1. The van der Waals surface area contributed by atoms with Crippen molar-refractivity contribution in [3.05, 3.63) is 35.4 Å². The Morgan fingerprint density at radius 2 is 1.89 bits per heavy atom. The highest BCUT2D eigenvalue weighted by molar-refractivity contribution is 5.65. The smallest absolute Gasteiger partial charge is 0.302 e. The van der Waals surface area contributed by atoms with Gasteiger partial charge < -0.3 is 4.74 Å². The molecule has 0 aliphatic rings. The van der Waals surface area contributed by atoms with Gasteiger partial charge in [0, 0.05) is 6.92 Å². The second-order valence-corrected chi connectivity index (χ2v) is 5.46. The van der Waals surface area contributed by atoms with Crippen molar-refractivity contribution < 1.29 is 9.53 Å². The summed E-state index contributed by atoms with van der Waals surface area (Å²) >= 11 is 0. The van der Waals surface area contributed by atoms with E-state index in [0.29, 0.717) is 6.61 Å². The first-order valence-electron chi connectivity index (χ1n) is 6.48. The molecule has 0 spiro atoms. The molecule has 0 atom stereocenters. The van der Waals surface area contributed by atoms with Crippen LogP contribution < -0.4 is 0 Å². The third-order valence-corrected chi connectivity index (χ3v) is 2.39. The first-order valence-corrected chi connectivity index (χ1v) is 6.48. The van der Waals surface area contributed by atoms with Crippen LogP contribution >= 0.6 is 0 Å². The maximum absolute atomic E-state index is 9.98. The van der Waals surface area contributed by atoms with Gasteiger partial charge >= 0.3 is 5.97 Å². The standard InChI is InChI=1S/C11H16.C5H10O2/c1-9-6-5-7-10(8-9)11(2,3)4;1-3-4-7-5(2)6/h5-8H,1-4H3;3-4H2,1-2H3. The zero-order valence-electron chi connectivity index (χ0n) is 12.5. The average Bonchev–Trinajstić information content (AvgIpc) is 2.26. The number of hydrogen-bond acceptors (Lipinski definition) is 2. The highest BCUT2D eigenvalue weighted by atomic mass is 16.5. The monoisotopic (exact) mass is 250 g/mol. The number of ether oxygens (including phenoxy) is 1. The molecule has 0 saturated heterocycles. The Labute approximate surface area is 111 Å². The molecule has 0 unspecified atom stereocenters. The van der Waals surface area contributed by atoms with E-state index in [-0.39, 0.29) is 11.4 Å². The number of rotatable bonds is 2. The molecule has 0 aliphatic heterocycles. The lowest BCUT2D eigenvalue weighted by Crippen LogP contribution is -2.10. The number of benzene rings is 1. The summed E-state index contributed by atoms with van der Waals surface area (Å²) in [5, 5.41) is 0. The maximum atomic E-state index is 9.98. The number of hydrogen-bond donors (Lipinski definition) is 0. The summed E-state index contributed by atoms with van der Waals surface area (Å²) in [6.45, 7) is 12.8. The molecular weight excluding hydrogens is 224 g/mol. The minimum Gasteiger partial charge on any atom is -0.466 e. The predicted molar refractivity (Wildman–Crippen MR) is 76.8 cm³/mol. The van der Waals surface area contributed by atoms with Gasteiger partial charge in [0.15, 0.2) is 0 Å². The van der Waals surface area contributed by atoms with Crippen LogP contribution in [0.25, 0.3) is 0 Å². The van der Waals surface area contributed by atoms with Gasteiger partial charge in [0.05, 0.1) is 6.61 Å². The van der Waals surface area contributed by atoms with Crippen LogP contribution in [0.2, 0.25) is 0 Å². The molecule has 18 heavy (non-hydrogen) atoms. The molecule has 0 heterocycles. The van der Waals surface area contributed by atoms with E-state index in [1.807, 2.05) is 6.92 Å². The predicted octanol–water partition coefficient (Wildman–Crippen LogP) is 4.25. The van der Waals surface area contributed by atoms with Crippen LogP contribution in [0.3, 0.4) is 0 Å². The summed E-state index contributed by atoms with van der Waals surface area (Å²) in [6.07, 6.45) is 0.902. The van der Waals surface area contributed by atoms with Gasteiger partial charge in [-0.05, 0) is 24.3 Å². The molecule has 0 fully saturated rings. The Morgan fingerprint density at radius 1 is 1.28 bits per heavy atom. The van der Waals surface area contributed by atoms with Gasteiger partial charge in [0.25, 0.3) is 0 Å². The normalized spacial score (nSPS) is 10.3. The number of carbonyl (C=O) groups is 1. The Balaban J connectivity index is 0.000000360. The average molecular weight is 250 g/mol. The molecule has 0 radical (unpaired) electrons. The van der Waals surface area contributed by atoms with Gasteiger partial charge in [-0.25, -0.2) is 0 Å². The molecule has 0 saturated carbocycles. The van der Waals surface area contributed by atoms with Gasteiger partial charge in [-0.1, -0.05) is 57.5 Å². The molecular formula is C16H26O2. The fraction of sp³-hybridized carbons (Fsp3) is 0.562. The fourth-order valence-corrected chi connectivity index (χ4v) is 1.36. The van der Waals surface area contributed by atoms with Crippen LogP contribution in [-0.2, 0) is 14.9 Å². The summed E-state index contributed by atoms with van der Waals surface area (Å²) < 4.78 is 4.55. The maximum Gasteiger partial charge on any atom is 0.302 e. The second kappa shape index (κ2) is 7.91. The van der Waals surface area contributed by atoms with Crippen molar-refractivity contribution in [2.45, 2.75) is 53.4 Å². The highest BCUT2D eigenvalue weighted by Crippen LogP contribution is 2.22. The van der Waals surface area contributed by atoms with Crippen molar-refractivity contribution in [2.75, 3.05) is 6.61 Å². The first-order chi connectivity index (χ1) is 8.27. The van der Waals surface area contributed by atoms with E-state index < -0.39 is 0 Å². The van der Waals surface area contributed by atoms with Gasteiger partial charge in [0.2, 0.25) is 0 Å². The highest BCUT2D eigenvalue weighted by Gasteiger charge is 2.12. The van der Waals surface area contributed by atoms with Crippen LogP contribution in [-0.4, -0.2) is 12.6 Å². The van der Waals surface area contributed by atoms with E-state index in [0.717, 1.165) is 6.42 Å². The molecule has 0 bridgehead atoms. The number of aryl methyl sites for hydroxylation is 1. The zero-order chi connectivity index (χ0) is 14.2. The third-order valence-electron chi connectivity index (χ3n) is 2.39. The van der Waals surface area contributed by atoms with E-state index in [9.17, 15) is 4.79 Å². The molecule has 0 aromatic heterocycles. The molecule has 0 aliphatic carbocycles. The van der Waals surface area contributed by atoms with Crippen molar-refractivity contribution in [3.63, 3.8) is 0 Å². The lowest BCUT2D eigenvalue weighted by molar-refractivity contribution is -0.140. The van der Waals surface area contributed by atoms with Crippen molar-refractivity contribution in [3.8, 4) is 0 Å². The largest absolute Gasteiger partial charge is 0.466 e. The fourth-order valence-electron chi connectivity index (χ4n) is 1.36. The van der Waals surface area contributed by atoms with Gasteiger partial charge in [0.1, 0.15) is 0 Å². The van der Waals surface area contributed by atoms with Crippen molar-refractivity contribution in [1.29, 1.82) is 0 Å². The molecule has 2 heteroatoms. The summed E-state index contributed by atoms with van der Waals surface area (Å²) in [5.74, 6) is -0.193. The molecule has 0 N–H and O–H groups in total. The zero-order valence-corrected chi connectivity index (χ0v) is 12.5. The Bertz CT molecular complexity index is 362. The summed E-state index contributed by atoms with van der Waals surface area (Å²) in [5.41, 5.74) is 3.04. The van der Waals surface area contributed by atoms with E-state index in [1.54, 1.807) is 0 Å². The summed E-state index contributed by atoms with van der Waals surface area (Å²) in [4.78, 5) is 9.98. The second-order valence-electron chi connectivity index (χ2n) is 5.46. The molecule has 1 aromatic rings. The van der Waals surface area contributed by atoms with E-state index in [4.69, 9.17) is 0 Å². The quantitative estimate of drug-likeness (QED) is 0.733. The Kier molecular flexibility index (Phi) is 7.33. The molecule has 1 aromatic carbocycles. The van der Waals surface area contributed by atoms with E-state index in [1.165, 1.54) is 18.1 Å². The Morgan fingerprint density at radius 3 is 2.17 bits per heavy atom. The molecule has 2 nitrogen and oxygen atoms in total.